The number of rotatable bonds is 8. The van der Waals surface area contributed by atoms with Crippen molar-refractivity contribution in [3.05, 3.63) is 84.2 Å². The lowest BCUT2D eigenvalue weighted by molar-refractivity contribution is 0.309. The van der Waals surface area contributed by atoms with Crippen LogP contribution in [-0.2, 0) is 0 Å². The van der Waals surface area contributed by atoms with Crippen LogP contribution in [0.5, 0.6) is 5.75 Å². The van der Waals surface area contributed by atoms with Crippen LogP contribution >= 0.6 is 0 Å². The van der Waals surface area contributed by atoms with E-state index in [0.29, 0.717) is 17.1 Å². The van der Waals surface area contributed by atoms with Crippen LogP contribution in [0.4, 0.5) is 28.4 Å². The van der Waals surface area contributed by atoms with Crippen molar-refractivity contribution in [1.82, 2.24) is 0 Å². The zero-order chi connectivity index (χ0) is 20.3. The Morgan fingerprint density at radius 2 is 1.10 bits per heavy atom. The molecule has 0 aliphatic rings. The van der Waals surface area contributed by atoms with Crippen molar-refractivity contribution < 1.29 is 4.74 Å². The average molecular weight is 383 g/mol. The summed E-state index contributed by atoms with van der Waals surface area (Å²) in [6, 6.07) is 21.9. The minimum Gasteiger partial charge on any atom is -0.494 e. The summed E-state index contributed by atoms with van der Waals surface area (Å²) in [7, 11) is 0. The van der Waals surface area contributed by atoms with Crippen molar-refractivity contribution in [3.8, 4) is 5.75 Å². The van der Waals surface area contributed by atoms with Gasteiger partial charge in [0.15, 0.2) is 5.69 Å². The van der Waals surface area contributed by atoms with E-state index in [1.54, 1.807) is 24.3 Å². The van der Waals surface area contributed by atoms with Crippen LogP contribution in [0.15, 0.2) is 93.3 Å². The fourth-order valence-corrected chi connectivity index (χ4v) is 2.35. The molecule has 0 unspecified atom stereocenters. The minimum absolute atomic E-state index is 0.581. The Labute approximate surface area is 170 Å². The summed E-state index contributed by atoms with van der Waals surface area (Å²) in [5.74, 6) is 0.843. The maximum atomic E-state index is 6.95. The number of hydrogen-bond donors (Lipinski definition) is 0. The van der Waals surface area contributed by atoms with Crippen LogP contribution < -0.4 is 4.74 Å². The summed E-state index contributed by atoms with van der Waals surface area (Å²) >= 11 is 0. The van der Waals surface area contributed by atoms with Crippen LogP contribution in [-0.4, -0.2) is 6.61 Å². The van der Waals surface area contributed by atoms with E-state index < -0.39 is 0 Å². The molecule has 29 heavy (non-hydrogen) atoms. The molecule has 144 valence electrons. The molecule has 0 atom stereocenters. The minimum atomic E-state index is 0.581. The molecule has 3 aromatic carbocycles. The molecular formula is C23H21N5O. The number of ether oxygens (including phenoxy) is 1. The summed E-state index contributed by atoms with van der Waals surface area (Å²) < 4.78 is 5.64. The van der Waals surface area contributed by atoms with Gasteiger partial charge in [0, 0.05) is 0 Å². The van der Waals surface area contributed by atoms with Gasteiger partial charge < -0.3 is 4.74 Å². The Morgan fingerprint density at radius 1 is 0.690 bits per heavy atom. The molecule has 0 amide bonds. The smallest absolute Gasteiger partial charge is 0.187 e. The molecule has 0 aliphatic heterocycles. The van der Waals surface area contributed by atoms with Crippen LogP contribution in [0, 0.1) is 6.57 Å². The molecule has 0 fully saturated rings. The van der Waals surface area contributed by atoms with Crippen molar-refractivity contribution in [1.29, 1.82) is 0 Å². The predicted octanol–water partition coefficient (Wildman–Crippen LogP) is 8.25. The van der Waals surface area contributed by atoms with E-state index in [-0.39, 0.29) is 0 Å². The lowest BCUT2D eigenvalue weighted by atomic mass is 10.3. The first-order chi connectivity index (χ1) is 14.3. The van der Waals surface area contributed by atoms with Gasteiger partial charge in [0.25, 0.3) is 0 Å². The van der Waals surface area contributed by atoms with Gasteiger partial charge in [0.05, 0.1) is 35.9 Å². The molecular weight excluding hydrogens is 362 g/mol. The highest BCUT2D eigenvalue weighted by atomic mass is 16.5. The van der Waals surface area contributed by atoms with Crippen molar-refractivity contribution in [3.63, 3.8) is 0 Å². The molecule has 3 aromatic rings. The van der Waals surface area contributed by atoms with Gasteiger partial charge >= 0.3 is 0 Å². The zero-order valence-corrected chi connectivity index (χ0v) is 16.2. The Hall–Kier alpha value is -3.85. The van der Waals surface area contributed by atoms with Crippen LogP contribution in [0.2, 0.25) is 0 Å². The van der Waals surface area contributed by atoms with Gasteiger partial charge in [-0.1, -0.05) is 25.5 Å². The third-order valence-electron chi connectivity index (χ3n) is 3.99. The average Bonchev–Trinajstić information content (AvgIpc) is 2.78. The first kappa shape index (κ1) is 19.9. The van der Waals surface area contributed by atoms with Gasteiger partial charge in [-0.05, 0) is 67.1 Å². The summed E-state index contributed by atoms with van der Waals surface area (Å²) in [4.78, 5) is 3.35. The van der Waals surface area contributed by atoms with Gasteiger partial charge in [0.1, 0.15) is 5.75 Å². The largest absolute Gasteiger partial charge is 0.494 e. The summed E-state index contributed by atoms with van der Waals surface area (Å²) in [5, 5.41) is 16.8. The molecule has 0 bridgehead atoms. The third-order valence-corrected chi connectivity index (χ3v) is 3.99. The Bertz CT molecular complexity index is 1000. The number of unbranched alkanes of at least 4 members (excludes halogenated alkanes) is 1. The molecule has 6 heteroatoms. The maximum Gasteiger partial charge on any atom is 0.187 e. The lowest BCUT2D eigenvalue weighted by Gasteiger charge is -2.04. The second-order valence-corrected chi connectivity index (χ2v) is 6.24. The van der Waals surface area contributed by atoms with E-state index in [4.69, 9.17) is 11.3 Å². The van der Waals surface area contributed by atoms with Gasteiger partial charge in [-0.25, -0.2) is 4.85 Å². The monoisotopic (exact) mass is 383 g/mol. The first-order valence-corrected chi connectivity index (χ1v) is 9.41. The highest BCUT2D eigenvalue weighted by Gasteiger charge is 1.96. The van der Waals surface area contributed by atoms with Gasteiger partial charge in [-0.15, -0.1) is 0 Å². The Morgan fingerprint density at radius 3 is 1.52 bits per heavy atom. The predicted molar refractivity (Wildman–Crippen MR) is 114 cm³/mol. The number of nitrogens with zero attached hydrogens (tertiary/aromatic N) is 5. The van der Waals surface area contributed by atoms with E-state index in [0.717, 1.165) is 36.6 Å². The second-order valence-electron chi connectivity index (χ2n) is 6.24. The molecule has 0 aromatic heterocycles. The lowest BCUT2D eigenvalue weighted by Crippen LogP contribution is -1.95. The molecule has 3 rings (SSSR count). The molecule has 0 N–H and O–H groups in total. The molecule has 0 heterocycles. The molecule has 6 nitrogen and oxygen atoms in total. The van der Waals surface area contributed by atoms with Crippen molar-refractivity contribution in [2.75, 3.05) is 6.61 Å². The van der Waals surface area contributed by atoms with Gasteiger partial charge in [0.2, 0.25) is 0 Å². The first-order valence-electron chi connectivity index (χ1n) is 9.41. The van der Waals surface area contributed by atoms with E-state index in [2.05, 4.69) is 32.2 Å². The molecule has 0 radical (unpaired) electrons. The van der Waals surface area contributed by atoms with E-state index in [9.17, 15) is 0 Å². The number of benzene rings is 3. The van der Waals surface area contributed by atoms with Crippen LogP contribution in [0.1, 0.15) is 19.8 Å². The zero-order valence-electron chi connectivity index (χ0n) is 16.2. The summed E-state index contributed by atoms with van der Waals surface area (Å²) in [5.41, 5.74) is 3.49. The van der Waals surface area contributed by atoms with Crippen molar-refractivity contribution in [2.45, 2.75) is 19.8 Å². The SMILES string of the molecule is [C-]#[N+]c1ccc(N=Nc2ccc(N=Nc3ccc(OCCCC)cc3)cc2)cc1. The second kappa shape index (κ2) is 10.5. The normalized spacial score (nSPS) is 11.0. The Kier molecular flexibility index (Phi) is 7.19. The van der Waals surface area contributed by atoms with E-state index in [1.165, 1.54) is 0 Å². The molecule has 0 saturated heterocycles. The molecule has 0 saturated carbocycles. The highest BCUT2D eigenvalue weighted by Crippen LogP contribution is 2.25. The maximum absolute atomic E-state index is 6.95. The van der Waals surface area contributed by atoms with Gasteiger partial charge in [-0.3, -0.25) is 0 Å². The van der Waals surface area contributed by atoms with Crippen LogP contribution in [0.3, 0.4) is 0 Å². The standard InChI is InChI=1S/C23H21N5O/c1-3-4-17-29-23-15-13-22(14-16-23)28-27-21-11-9-20(10-12-21)26-25-19-7-5-18(24-2)6-8-19/h5-16H,3-4,17H2,1H3. The van der Waals surface area contributed by atoms with Crippen LogP contribution in [0.25, 0.3) is 4.85 Å². The fourth-order valence-electron chi connectivity index (χ4n) is 2.35. The number of hydrogen-bond acceptors (Lipinski definition) is 5. The Balaban J connectivity index is 1.57. The van der Waals surface area contributed by atoms with Crippen molar-refractivity contribution >= 4 is 28.4 Å². The fraction of sp³-hybridized carbons (Fsp3) is 0.174. The van der Waals surface area contributed by atoms with E-state index in [1.807, 2.05) is 48.5 Å². The number of azo groups is 2. The van der Waals surface area contributed by atoms with E-state index >= 15 is 0 Å². The topological polar surface area (TPSA) is 63.0 Å². The van der Waals surface area contributed by atoms with Crippen molar-refractivity contribution in [2.24, 2.45) is 20.5 Å². The van der Waals surface area contributed by atoms with Gasteiger partial charge in [-0.2, -0.15) is 20.5 Å². The summed E-state index contributed by atoms with van der Waals surface area (Å²) in [6.07, 6.45) is 2.16. The highest BCUT2D eigenvalue weighted by molar-refractivity contribution is 5.52. The molecule has 0 spiro atoms. The quantitative estimate of drug-likeness (QED) is 0.219. The summed E-state index contributed by atoms with van der Waals surface area (Å²) in [6.45, 7) is 9.82. The third kappa shape index (κ3) is 6.36. The molecule has 0 aliphatic carbocycles.